The van der Waals surface area contributed by atoms with E-state index in [9.17, 15) is 14.0 Å². The molecule has 0 unspecified atom stereocenters. The predicted molar refractivity (Wildman–Crippen MR) is 44.3 cm³/mol. The van der Waals surface area contributed by atoms with E-state index < -0.39 is 24.2 Å². The van der Waals surface area contributed by atoms with Crippen molar-refractivity contribution in [2.75, 3.05) is 0 Å². The topological polar surface area (TPSA) is 63.6 Å². The summed E-state index contributed by atoms with van der Waals surface area (Å²) in [6.07, 6.45) is -0.711. The van der Waals surface area contributed by atoms with Gasteiger partial charge in [-0.3, -0.25) is 9.59 Å². The van der Waals surface area contributed by atoms with Crippen LogP contribution in [-0.4, -0.2) is 17.0 Å². The number of rotatable bonds is 3. The van der Waals surface area contributed by atoms with Crippen LogP contribution in [0.2, 0.25) is 0 Å². The number of hydrogen-bond acceptors (Lipinski definition) is 3. The van der Waals surface area contributed by atoms with E-state index in [2.05, 4.69) is 4.74 Å². The number of aliphatic carboxylic acids is 1. The van der Waals surface area contributed by atoms with Gasteiger partial charge in [0.05, 0.1) is 0 Å². The Morgan fingerprint density at radius 2 is 1.86 bits per heavy atom. The Morgan fingerprint density at radius 1 is 1.29 bits per heavy atom. The lowest BCUT2D eigenvalue weighted by atomic mass is 10.3. The van der Waals surface area contributed by atoms with E-state index in [0.717, 1.165) is 12.1 Å². The summed E-state index contributed by atoms with van der Waals surface area (Å²) in [4.78, 5) is 20.9. The van der Waals surface area contributed by atoms with Crippen molar-refractivity contribution < 1.29 is 23.8 Å². The minimum absolute atomic E-state index is 0.123. The molecule has 0 aliphatic rings. The maximum atomic E-state index is 12.4. The molecule has 0 saturated carbocycles. The molecule has 1 rings (SSSR count). The summed E-state index contributed by atoms with van der Waals surface area (Å²) in [5.41, 5.74) is 0. The fraction of sp³-hybridized carbons (Fsp3) is 0.111. The normalized spacial score (nSPS) is 9.50. The molecule has 0 aromatic heterocycles. The van der Waals surface area contributed by atoms with Crippen LogP contribution in [0.5, 0.6) is 5.75 Å². The molecule has 74 valence electrons. The number of esters is 1. The van der Waals surface area contributed by atoms with E-state index >= 15 is 0 Å². The van der Waals surface area contributed by atoms with Gasteiger partial charge in [-0.15, -0.1) is 0 Å². The lowest BCUT2D eigenvalue weighted by Crippen LogP contribution is -2.13. The third kappa shape index (κ3) is 3.22. The van der Waals surface area contributed by atoms with Gasteiger partial charge in [0.15, 0.2) is 0 Å². The fourth-order valence-corrected chi connectivity index (χ4v) is 0.794. The number of carboxylic acids is 1. The van der Waals surface area contributed by atoms with Crippen molar-refractivity contribution in [3.63, 3.8) is 0 Å². The molecule has 0 saturated heterocycles. The first-order valence-electron chi connectivity index (χ1n) is 3.76. The number of carbonyl (C=O) groups excluding carboxylic acids is 1. The standard InChI is InChI=1S/C9H7FO4/c10-6-1-3-7(4-2-6)14-9(13)5-8(11)12/h1-4H,5H2,(H,11,12). The number of benzene rings is 1. The molecule has 1 aromatic carbocycles. The molecule has 0 aliphatic heterocycles. The van der Waals surface area contributed by atoms with Gasteiger partial charge >= 0.3 is 11.9 Å². The first kappa shape index (κ1) is 10.2. The molecular weight excluding hydrogens is 191 g/mol. The monoisotopic (exact) mass is 198 g/mol. The second-order valence-electron chi connectivity index (χ2n) is 2.50. The van der Waals surface area contributed by atoms with Crippen molar-refractivity contribution in [1.29, 1.82) is 0 Å². The Kier molecular flexibility index (Phi) is 3.17. The summed E-state index contributed by atoms with van der Waals surface area (Å²) in [5, 5.41) is 8.25. The zero-order valence-corrected chi connectivity index (χ0v) is 7.07. The Labute approximate surface area is 78.9 Å². The van der Waals surface area contributed by atoms with E-state index in [1.54, 1.807) is 0 Å². The molecule has 0 spiro atoms. The van der Waals surface area contributed by atoms with Crippen LogP contribution in [0.4, 0.5) is 4.39 Å². The Bertz CT molecular complexity index is 344. The van der Waals surface area contributed by atoms with E-state index in [4.69, 9.17) is 5.11 Å². The van der Waals surface area contributed by atoms with Gasteiger partial charge in [-0.05, 0) is 24.3 Å². The quantitative estimate of drug-likeness (QED) is 0.450. The third-order valence-corrected chi connectivity index (χ3v) is 1.34. The SMILES string of the molecule is O=C(O)CC(=O)Oc1ccc(F)cc1. The van der Waals surface area contributed by atoms with Crippen molar-refractivity contribution in [2.24, 2.45) is 0 Å². The summed E-state index contributed by atoms with van der Waals surface area (Å²) < 4.78 is 17.0. The molecule has 0 aliphatic carbocycles. The summed E-state index contributed by atoms with van der Waals surface area (Å²) >= 11 is 0. The Balaban J connectivity index is 2.56. The summed E-state index contributed by atoms with van der Waals surface area (Å²) in [7, 11) is 0. The van der Waals surface area contributed by atoms with Gasteiger partial charge in [0.1, 0.15) is 18.0 Å². The van der Waals surface area contributed by atoms with Crippen LogP contribution in [0.3, 0.4) is 0 Å². The smallest absolute Gasteiger partial charge is 0.322 e. The Morgan fingerprint density at radius 3 is 2.36 bits per heavy atom. The fourth-order valence-electron chi connectivity index (χ4n) is 0.794. The molecule has 0 atom stereocenters. The maximum absolute atomic E-state index is 12.4. The van der Waals surface area contributed by atoms with Gasteiger partial charge in [-0.25, -0.2) is 4.39 Å². The number of carboxylic acid groups (broad SMARTS) is 1. The van der Waals surface area contributed by atoms with Gasteiger partial charge in [0.25, 0.3) is 0 Å². The summed E-state index contributed by atoms with van der Waals surface area (Å²) in [5.74, 6) is -2.48. The average molecular weight is 198 g/mol. The van der Waals surface area contributed by atoms with Crippen molar-refractivity contribution in [1.82, 2.24) is 0 Å². The van der Waals surface area contributed by atoms with E-state index in [0.29, 0.717) is 0 Å². The van der Waals surface area contributed by atoms with Gasteiger partial charge in [-0.2, -0.15) is 0 Å². The van der Waals surface area contributed by atoms with Crippen LogP contribution in [0, 0.1) is 5.82 Å². The maximum Gasteiger partial charge on any atom is 0.322 e. The zero-order valence-electron chi connectivity index (χ0n) is 7.07. The molecule has 0 radical (unpaired) electrons. The average Bonchev–Trinajstić information content (AvgIpc) is 2.07. The van der Waals surface area contributed by atoms with Crippen LogP contribution in [-0.2, 0) is 9.59 Å². The van der Waals surface area contributed by atoms with Gasteiger partial charge < -0.3 is 9.84 Å². The van der Waals surface area contributed by atoms with Crippen molar-refractivity contribution >= 4 is 11.9 Å². The minimum atomic E-state index is -1.27. The zero-order chi connectivity index (χ0) is 10.6. The van der Waals surface area contributed by atoms with Crippen molar-refractivity contribution in [3.05, 3.63) is 30.1 Å². The van der Waals surface area contributed by atoms with Crippen LogP contribution in [0.1, 0.15) is 6.42 Å². The number of ether oxygens (including phenoxy) is 1. The highest BCUT2D eigenvalue weighted by atomic mass is 19.1. The molecule has 14 heavy (non-hydrogen) atoms. The predicted octanol–water partition coefficient (Wildman–Crippen LogP) is 1.21. The highest BCUT2D eigenvalue weighted by Crippen LogP contribution is 2.11. The summed E-state index contributed by atoms with van der Waals surface area (Å²) in [6, 6.07) is 4.72. The molecule has 0 fully saturated rings. The molecule has 1 N–H and O–H groups in total. The van der Waals surface area contributed by atoms with Gasteiger partial charge in [0, 0.05) is 0 Å². The minimum Gasteiger partial charge on any atom is -0.481 e. The lowest BCUT2D eigenvalue weighted by Gasteiger charge is -2.01. The first-order valence-corrected chi connectivity index (χ1v) is 3.76. The molecule has 5 heteroatoms. The molecule has 0 heterocycles. The third-order valence-electron chi connectivity index (χ3n) is 1.34. The molecular formula is C9H7FO4. The number of halogens is 1. The van der Waals surface area contributed by atoms with Crippen molar-refractivity contribution in [2.45, 2.75) is 6.42 Å². The highest BCUT2D eigenvalue weighted by Gasteiger charge is 2.09. The molecule has 4 nitrogen and oxygen atoms in total. The summed E-state index contributed by atoms with van der Waals surface area (Å²) in [6.45, 7) is 0. The second-order valence-corrected chi connectivity index (χ2v) is 2.50. The van der Waals surface area contributed by atoms with E-state index in [1.165, 1.54) is 12.1 Å². The second kappa shape index (κ2) is 4.36. The van der Waals surface area contributed by atoms with Crippen LogP contribution in [0.25, 0.3) is 0 Å². The number of hydrogen-bond donors (Lipinski definition) is 1. The van der Waals surface area contributed by atoms with Crippen LogP contribution >= 0.6 is 0 Å². The van der Waals surface area contributed by atoms with E-state index in [1.807, 2.05) is 0 Å². The van der Waals surface area contributed by atoms with Gasteiger partial charge in [0.2, 0.25) is 0 Å². The van der Waals surface area contributed by atoms with Gasteiger partial charge in [-0.1, -0.05) is 0 Å². The lowest BCUT2D eigenvalue weighted by molar-refractivity contribution is -0.145. The molecule has 0 amide bonds. The van der Waals surface area contributed by atoms with E-state index in [-0.39, 0.29) is 5.75 Å². The first-order chi connectivity index (χ1) is 6.58. The molecule has 0 bridgehead atoms. The van der Waals surface area contributed by atoms with Crippen LogP contribution in [0.15, 0.2) is 24.3 Å². The highest BCUT2D eigenvalue weighted by molar-refractivity contribution is 5.91. The van der Waals surface area contributed by atoms with Crippen LogP contribution < -0.4 is 4.74 Å². The Hall–Kier alpha value is -1.91. The largest absolute Gasteiger partial charge is 0.481 e. The van der Waals surface area contributed by atoms with Crippen molar-refractivity contribution in [3.8, 4) is 5.75 Å². The molecule has 1 aromatic rings. The number of carbonyl (C=O) groups is 2.